The van der Waals surface area contributed by atoms with E-state index in [-0.39, 0.29) is 4.75 Å². The van der Waals surface area contributed by atoms with Gasteiger partial charge in [0.15, 0.2) is 0 Å². The number of unbranched alkanes of at least 4 members (excludes halogenated alkanes) is 1. The third kappa shape index (κ3) is 6.44. The average molecular weight is 295 g/mol. The van der Waals surface area contributed by atoms with E-state index in [4.69, 9.17) is 4.74 Å². The maximum absolute atomic E-state index is 11.7. The molecule has 20 heavy (non-hydrogen) atoms. The van der Waals surface area contributed by atoms with Crippen LogP contribution < -0.4 is 4.74 Å². The molecule has 0 aromatic heterocycles. The van der Waals surface area contributed by atoms with Gasteiger partial charge in [0.1, 0.15) is 21.9 Å². The molecule has 0 aliphatic heterocycles. The molecule has 1 aromatic rings. The van der Waals surface area contributed by atoms with Gasteiger partial charge in [-0.3, -0.25) is 0 Å². The summed E-state index contributed by atoms with van der Waals surface area (Å²) in [4.78, 5) is 0. The van der Waals surface area contributed by atoms with Crippen LogP contribution >= 0.6 is 0 Å². The van der Waals surface area contributed by atoms with Crippen molar-refractivity contribution in [2.24, 2.45) is 4.40 Å². The van der Waals surface area contributed by atoms with Crippen molar-refractivity contribution in [2.75, 3.05) is 6.61 Å². The van der Waals surface area contributed by atoms with Gasteiger partial charge in [-0.25, -0.2) is 0 Å². The van der Waals surface area contributed by atoms with Crippen molar-refractivity contribution in [3.8, 4) is 5.75 Å². The van der Waals surface area contributed by atoms with Crippen LogP contribution in [0.5, 0.6) is 5.75 Å². The lowest BCUT2D eigenvalue weighted by molar-refractivity contribution is 0.309. The van der Waals surface area contributed by atoms with Crippen LogP contribution in [0.4, 0.5) is 0 Å². The molecule has 0 aliphatic carbocycles. The average Bonchev–Trinajstić information content (AvgIpc) is 2.39. The highest BCUT2D eigenvalue weighted by Gasteiger charge is 2.25. The number of benzene rings is 1. The maximum Gasteiger partial charge on any atom is 0.144 e. The predicted molar refractivity (Wildman–Crippen MR) is 86.9 cm³/mol. The van der Waals surface area contributed by atoms with Crippen LogP contribution in [0, 0.1) is 0 Å². The highest BCUT2D eigenvalue weighted by molar-refractivity contribution is 7.91. The third-order valence-corrected chi connectivity index (χ3v) is 4.10. The molecule has 0 saturated heterocycles. The standard InChI is InChI=1S/C16H25NO2S/c1-5-6-13-19-15-9-7-14(8-10-15)11-12-17-20(18)16(2,3)4/h7-10,12H,5-6,11,13H2,1-4H3/b17-12-. The van der Waals surface area contributed by atoms with E-state index in [1.165, 1.54) is 0 Å². The Morgan fingerprint density at radius 3 is 2.45 bits per heavy atom. The summed E-state index contributed by atoms with van der Waals surface area (Å²) in [5, 5.41) is 0. The zero-order valence-electron chi connectivity index (χ0n) is 12.9. The van der Waals surface area contributed by atoms with E-state index >= 15 is 0 Å². The minimum atomic E-state index is -1.18. The zero-order chi connectivity index (χ0) is 15.0. The van der Waals surface area contributed by atoms with Crippen molar-refractivity contribution < 1.29 is 9.29 Å². The first-order chi connectivity index (χ1) is 9.43. The van der Waals surface area contributed by atoms with Gasteiger partial charge in [0, 0.05) is 6.42 Å². The van der Waals surface area contributed by atoms with Gasteiger partial charge in [0.05, 0.1) is 12.8 Å². The Morgan fingerprint density at radius 1 is 1.25 bits per heavy atom. The van der Waals surface area contributed by atoms with Gasteiger partial charge in [-0.2, -0.15) is 0 Å². The fourth-order valence-electron chi connectivity index (χ4n) is 1.42. The first kappa shape index (κ1) is 17.1. The molecular weight excluding hydrogens is 270 g/mol. The molecule has 0 saturated carbocycles. The third-order valence-electron chi connectivity index (χ3n) is 2.71. The number of hydrogen-bond donors (Lipinski definition) is 0. The molecule has 112 valence electrons. The summed E-state index contributed by atoms with van der Waals surface area (Å²) in [5.74, 6) is 0.900. The molecule has 0 fully saturated rings. The molecule has 0 bridgehead atoms. The van der Waals surface area contributed by atoms with Gasteiger partial charge in [-0.1, -0.05) is 29.9 Å². The van der Waals surface area contributed by atoms with E-state index in [1.54, 1.807) is 6.21 Å². The fraction of sp³-hybridized carbons (Fsp3) is 0.562. The van der Waals surface area contributed by atoms with E-state index < -0.39 is 11.4 Å². The van der Waals surface area contributed by atoms with Gasteiger partial charge in [-0.05, 0) is 44.9 Å². The molecule has 0 spiro atoms. The lowest BCUT2D eigenvalue weighted by Crippen LogP contribution is -2.25. The monoisotopic (exact) mass is 295 g/mol. The Morgan fingerprint density at radius 2 is 1.90 bits per heavy atom. The quantitative estimate of drug-likeness (QED) is 0.434. The van der Waals surface area contributed by atoms with Crippen molar-refractivity contribution in [2.45, 2.75) is 51.7 Å². The van der Waals surface area contributed by atoms with Crippen molar-refractivity contribution in [3.05, 3.63) is 29.8 Å². The Balaban J connectivity index is 2.43. The van der Waals surface area contributed by atoms with Crippen LogP contribution in [0.2, 0.25) is 0 Å². The van der Waals surface area contributed by atoms with E-state index in [0.717, 1.165) is 30.8 Å². The summed E-state index contributed by atoms with van der Waals surface area (Å²) >= 11 is -1.18. The molecule has 4 heteroatoms. The van der Waals surface area contributed by atoms with Crippen LogP contribution in [-0.4, -0.2) is 22.1 Å². The number of rotatable bonds is 7. The minimum Gasteiger partial charge on any atom is -0.591 e. The second kappa shape index (κ2) is 8.32. The van der Waals surface area contributed by atoms with Gasteiger partial charge >= 0.3 is 0 Å². The number of ether oxygens (including phenoxy) is 1. The first-order valence-electron chi connectivity index (χ1n) is 7.09. The van der Waals surface area contributed by atoms with Crippen LogP contribution in [0.1, 0.15) is 46.1 Å². The molecule has 1 rings (SSSR count). The van der Waals surface area contributed by atoms with Gasteiger partial charge in [0.25, 0.3) is 0 Å². The normalized spacial score (nSPS) is 13.7. The molecule has 1 aromatic carbocycles. The molecule has 0 amide bonds. The van der Waals surface area contributed by atoms with Crippen LogP contribution in [0.15, 0.2) is 28.7 Å². The summed E-state index contributed by atoms with van der Waals surface area (Å²) in [6, 6.07) is 7.99. The Hall–Kier alpha value is -1.00. The maximum atomic E-state index is 11.7. The van der Waals surface area contributed by atoms with E-state index in [2.05, 4.69) is 11.3 Å². The summed E-state index contributed by atoms with van der Waals surface area (Å²) in [7, 11) is 0. The van der Waals surface area contributed by atoms with Crippen molar-refractivity contribution in [1.29, 1.82) is 0 Å². The van der Waals surface area contributed by atoms with E-state index in [9.17, 15) is 4.55 Å². The number of hydrogen-bond acceptors (Lipinski definition) is 3. The van der Waals surface area contributed by atoms with Crippen molar-refractivity contribution in [3.63, 3.8) is 0 Å². The van der Waals surface area contributed by atoms with Crippen molar-refractivity contribution >= 4 is 17.6 Å². The largest absolute Gasteiger partial charge is 0.591 e. The fourth-order valence-corrected chi connectivity index (χ4v) is 1.95. The smallest absolute Gasteiger partial charge is 0.144 e. The molecule has 3 nitrogen and oxygen atoms in total. The second-order valence-corrected chi connectivity index (χ2v) is 7.63. The Kier molecular flexibility index (Phi) is 7.10. The SMILES string of the molecule is CCCCOc1ccc(C/C=N\[S+]([O-])C(C)(C)C)cc1. The van der Waals surface area contributed by atoms with Crippen LogP contribution in [-0.2, 0) is 17.8 Å². The van der Waals surface area contributed by atoms with Crippen LogP contribution in [0.3, 0.4) is 0 Å². The summed E-state index contributed by atoms with van der Waals surface area (Å²) in [6.07, 6.45) is 4.64. The Bertz CT molecular complexity index is 409. The molecular formula is C16H25NO2S. The molecule has 0 radical (unpaired) electrons. The van der Waals surface area contributed by atoms with Crippen LogP contribution in [0.25, 0.3) is 0 Å². The summed E-state index contributed by atoms with van der Waals surface area (Å²) in [5.41, 5.74) is 1.14. The highest BCUT2D eigenvalue weighted by atomic mass is 32.2. The first-order valence-corrected chi connectivity index (χ1v) is 8.20. The molecule has 0 aliphatic rings. The van der Waals surface area contributed by atoms with Crippen molar-refractivity contribution in [1.82, 2.24) is 0 Å². The predicted octanol–water partition coefficient (Wildman–Crippen LogP) is 3.94. The topological polar surface area (TPSA) is 44.6 Å². The van der Waals surface area contributed by atoms with Gasteiger partial charge in [-0.15, -0.1) is 0 Å². The lowest BCUT2D eigenvalue weighted by atomic mass is 10.2. The highest BCUT2D eigenvalue weighted by Crippen LogP contribution is 2.17. The molecule has 0 heterocycles. The van der Waals surface area contributed by atoms with Gasteiger partial charge < -0.3 is 9.29 Å². The Labute approximate surface area is 125 Å². The summed E-state index contributed by atoms with van der Waals surface area (Å²) < 4.78 is 21.1. The molecule has 1 unspecified atom stereocenters. The molecule has 1 atom stereocenters. The summed E-state index contributed by atoms with van der Waals surface area (Å²) in [6.45, 7) is 8.67. The number of nitrogens with zero attached hydrogens (tertiary/aromatic N) is 1. The minimum absolute atomic E-state index is 0.298. The van der Waals surface area contributed by atoms with Gasteiger partial charge in [0.2, 0.25) is 0 Å². The molecule has 0 N–H and O–H groups in total. The second-order valence-electron chi connectivity index (χ2n) is 5.70. The lowest BCUT2D eigenvalue weighted by Gasteiger charge is -2.17. The van der Waals surface area contributed by atoms with E-state index in [1.807, 2.05) is 45.0 Å². The van der Waals surface area contributed by atoms with E-state index in [0.29, 0.717) is 6.42 Å². The zero-order valence-corrected chi connectivity index (χ0v) is 13.7.